The van der Waals surface area contributed by atoms with Crippen molar-refractivity contribution >= 4 is 27.6 Å². The van der Waals surface area contributed by atoms with Gasteiger partial charge in [-0.15, -0.1) is 0 Å². The van der Waals surface area contributed by atoms with Gasteiger partial charge in [-0.05, 0) is 42.3 Å². The number of imidazole rings is 1. The van der Waals surface area contributed by atoms with E-state index in [2.05, 4.69) is 41.9 Å². The lowest BCUT2D eigenvalue weighted by Gasteiger charge is -2.24. The van der Waals surface area contributed by atoms with Gasteiger partial charge in [0.2, 0.25) is 0 Å². The smallest absolute Gasteiger partial charge is 0.150 e. The van der Waals surface area contributed by atoms with Gasteiger partial charge in [0.1, 0.15) is 34.8 Å². The molecule has 1 saturated heterocycles. The molecule has 0 saturated carbocycles. The number of methoxy groups -OCH3 is 1. The summed E-state index contributed by atoms with van der Waals surface area (Å²) in [6.45, 7) is 6.91. The minimum atomic E-state index is 0.0770. The molecule has 0 atom stereocenters. The second-order valence-electron chi connectivity index (χ2n) is 9.50. The Morgan fingerprint density at radius 3 is 2.57 bits per heavy atom. The number of nitrogens with two attached hydrogens (primary N) is 1. The highest BCUT2D eigenvalue weighted by atomic mass is 16.5. The lowest BCUT2D eigenvalue weighted by molar-refractivity contribution is 0.162. The average Bonchev–Trinajstić information content (AvgIpc) is 3.22. The summed E-state index contributed by atoms with van der Waals surface area (Å²) in [7, 11) is 1.69. The number of hydrogen-bond acceptors (Lipinski definition) is 5. The highest BCUT2D eigenvalue weighted by Crippen LogP contribution is 2.35. The van der Waals surface area contributed by atoms with Crippen molar-refractivity contribution in [2.45, 2.75) is 45.3 Å². The number of piperidine rings is 1. The first-order chi connectivity index (χ1) is 17.0. The van der Waals surface area contributed by atoms with Crippen LogP contribution in [0.5, 0.6) is 11.5 Å². The molecule has 7 heteroatoms. The highest BCUT2D eigenvalue weighted by Gasteiger charge is 2.21. The number of nitrogens with one attached hydrogen (secondary N) is 2. The molecule has 4 N–H and O–H groups in total. The van der Waals surface area contributed by atoms with Crippen molar-refractivity contribution in [2.75, 3.05) is 20.2 Å². The lowest BCUT2D eigenvalue weighted by atomic mass is 9.98. The Balaban J connectivity index is 1.64. The van der Waals surface area contributed by atoms with Gasteiger partial charge in [0.15, 0.2) is 0 Å². The van der Waals surface area contributed by atoms with E-state index in [4.69, 9.17) is 25.6 Å². The molecule has 7 nitrogen and oxygen atoms in total. The Bertz CT molecular complexity index is 1390. The number of nitrogen functional groups attached to an aromatic ring is 1. The number of aromatic nitrogens is 2. The number of rotatable bonds is 7. The van der Waals surface area contributed by atoms with Gasteiger partial charge in [-0.25, -0.2) is 4.98 Å². The quantitative estimate of drug-likeness (QED) is 0.266. The summed E-state index contributed by atoms with van der Waals surface area (Å²) >= 11 is 0. The first-order valence-corrected chi connectivity index (χ1v) is 12.3. The van der Waals surface area contributed by atoms with Crippen LogP contribution in [0.15, 0.2) is 48.5 Å². The summed E-state index contributed by atoms with van der Waals surface area (Å²) in [5.41, 5.74) is 9.61. The molecule has 182 valence electrons. The molecule has 1 aliphatic rings. The van der Waals surface area contributed by atoms with E-state index in [1.165, 1.54) is 0 Å². The Morgan fingerprint density at radius 2 is 1.89 bits per heavy atom. The molecular formula is C28H33N5O2. The summed E-state index contributed by atoms with van der Waals surface area (Å²) in [6.07, 6.45) is 2.18. The molecule has 1 aliphatic heterocycles. The van der Waals surface area contributed by atoms with E-state index < -0.39 is 0 Å². The zero-order valence-corrected chi connectivity index (χ0v) is 20.6. The topological polar surface area (TPSA) is 98.2 Å². The maximum Gasteiger partial charge on any atom is 0.150 e. The van der Waals surface area contributed by atoms with E-state index in [0.717, 1.165) is 76.2 Å². The van der Waals surface area contributed by atoms with Crippen LogP contribution in [-0.4, -0.2) is 41.7 Å². The fourth-order valence-corrected chi connectivity index (χ4v) is 5.03. The third kappa shape index (κ3) is 4.44. The third-order valence-corrected chi connectivity index (χ3v) is 6.78. The molecule has 0 amide bonds. The Morgan fingerprint density at radius 1 is 1.14 bits per heavy atom. The second-order valence-corrected chi connectivity index (χ2v) is 9.50. The van der Waals surface area contributed by atoms with Gasteiger partial charge in [-0.3, -0.25) is 5.41 Å². The van der Waals surface area contributed by atoms with Crippen molar-refractivity contribution in [3.63, 3.8) is 0 Å². The summed E-state index contributed by atoms with van der Waals surface area (Å²) < 4.78 is 14.4. The van der Waals surface area contributed by atoms with Crippen LogP contribution in [-0.2, 0) is 6.54 Å². The van der Waals surface area contributed by atoms with Crippen molar-refractivity contribution in [3.05, 3.63) is 65.5 Å². The van der Waals surface area contributed by atoms with Gasteiger partial charge in [0.25, 0.3) is 0 Å². The van der Waals surface area contributed by atoms with Crippen LogP contribution in [0.25, 0.3) is 21.8 Å². The Kier molecular flexibility index (Phi) is 6.34. The van der Waals surface area contributed by atoms with E-state index >= 15 is 0 Å². The monoisotopic (exact) mass is 471 g/mol. The molecule has 0 unspecified atom stereocenters. The fourth-order valence-electron chi connectivity index (χ4n) is 5.03. The van der Waals surface area contributed by atoms with Crippen molar-refractivity contribution < 1.29 is 9.47 Å². The van der Waals surface area contributed by atoms with Gasteiger partial charge in [0.05, 0.1) is 12.6 Å². The third-order valence-electron chi connectivity index (χ3n) is 6.78. The van der Waals surface area contributed by atoms with Gasteiger partial charge in [-0.1, -0.05) is 50.2 Å². The second kappa shape index (κ2) is 9.58. The standard InChI is InChI=1S/C28H33N5O2/c1-17(2)28-32-26-24(14-20(15-25(26)34-3)35-19-10-12-31-13-11-19)33(28)16-18-8-9-23(27(29)30)22-7-5-4-6-21(18)22/h4-9,14-15,17,19,31H,10-13,16H2,1-3H3,(H3,29,30). The van der Waals surface area contributed by atoms with Gasteiger partial charge >= 0.3 is 0 Å². The predicted molar refractivity (Wildman–Crippen MR) is 141 cm³/mol. The zero-order valence-electron chi connectivity index (χ0n) is 20.6. The number of hydrogen-bond donors (Lipinski definition) is 3. The summed E-state index contributed by atoms with van der Waals surface area (Å²) in [5, 5.41) is 13.5. The van der Waals surface area contributed by atoms with Crippen LogP contribution in [0.3, 0.4) is 0 Å². The van der Waals surface area contributed by atoms with Crippen LogP contribution >= 0.6 is 0 Å². The molecule has 0 aliphatic carbocycles. The number of nitrogens with zero attached hydrogens (tertiary/aromatic N) is 2. The number of fused-ring (bicyclic) bond motifs is 2. The van der Waals surface area contributed by atoms with E-state index in [1.807, 2.05) is 30.3 Å². The first-order valence-electron chi connectivity index (χ1n) is 12.3. The van der Waals surface area contributed by atoms with E-state index in [-0.39, 0.29) is 17.9 Å². The van der Waals surface area contributed by atoms with Crippen molar-refractivity contribution in [1.29, 1.82) is 5.41 Å². The normalized spacial score (nSPS) is 14.6. The Hall–Kier alpha value is -3.58. The molecule has 1 aromatic heterocycles. The van der Waals surface area contributed by atoms with Crippen LogP contribution in [0, 0.1) is 5.41 Å². The van der Waals surface area contributed by atoms with Crippen LogP contribution in [0.2, 0.25) is 0 Å². The van der Waals surface area contributed by atoms with Crippen molar-refractivity contribution in [2.24, 2.45) is 5.73 Å². The molecule has 0 bridgehead atoms. The van der Waals surface area contributed by atoms with Crippen LogP contribution < -0.4 is 20.5 Å². The summed E-state index contributed by atoms with van der Waals surface area (Å²) in [4.78, 5) is 5.01. The highest BCUT2D eigenvalue weighted by molar-refractivity contribution is 6.08. The zero-order chi connectivity index (χ0) is 24.5. The number of ether oxygens (including phenoxy) is 2. The molecule has 4 aromatic rings. The summed E-state index contributed by atoms with van der Waals surface area (Å²) in [5.74, 6) is 2.84. The largest absolute Gasteiger partial charge is 0.494 e. The van der Waals surface area contributed by atoms with Crippen molar-refractivity contribution in [1.82, 2.24) is 14.9 Å². The molecule has 1 fully saturated rings. The predicted octanol–water partition coefficient (Wildman–Crippen LogP) is 4.78. The van der Waals surface area contributed by atoms with E-state index in [0.29, 0.717) is 6.54 Å². The van der Waals surface area contributed by atoms with E-state index in [1.54, 1.807) is 7.11 Å². The van der Waals surface area contributed by atoms with Gasteiger partial charge < -0.3 is 25.1 Å². The molecular weight excluding hydrogens is 438 g/mol. The lowest BCUT2D eigenvalue weighted by Crippen LogP contribution is -2.34. The maximum atomic E-state index is 7.99. The minimum Gasteiger partial charge on any atom is -0.494 e. The van der Waals surface area contributed by atoms with Gasteiger partial charge in [-0.2, -0.15) is 0 Å². The number of benzene rings is 3. The molecule has 5 rings (SSSR count). The maximum absolute atomic E-state index is 7.99. The first kappa shape index (κ1) is 23.2. The Labute approximate surface area is 205 Å². The SMILES string of the molecule is COc1cc(OC2CCNCC2)cc2c1nc(C(C)C)n2Cc1ccc(C(=N)N)c2ccccc12. The average molecular weight is 472 g/mol. The molecule has 2 heterocycles. The fraction of sp³-hybridized carbons (Fsp3) is 0.357. The van der Waals surface area contributed by atoms with Gasteiger partial charge in [0, 0.05) is 30.2 Å². The van der Waals surface area contributed by atoms with Crippen LogP contribution in [0.4, 0.5) is 0 Å². The minimum absolute atomic E-state index is 0.0770. The van der Waals surface area contributed by atoms with E-state index in [9.17, 15) is 0 Å². The molecule has 0 radical (unpaired) electrons. The number of amidine groups is 1. The molecule has 0 spiro atoms. The molecule has 3 aromatic carbocycles. The summed E-state index contributed by atoms with van der Waals surface area (Å²) in [6, 6.07) is 16.2. The van der Waals surface area contributed by atoms with Crippen molar-refractivity contribution in [3.8, 4) is 11.5 Å². The van der Waals surface area contributed by atoms with Crippen LogP contribution in [0.1, 0.15) is 49.6 Å². The molecule has 35 heavy (non-hydrogen) atoms.